The molecule has 2 rings (SSSR count). The summed E-state index contributed by atoms with van der Waals surface area (Å²) in [5.74, 6) is -0.306. The summed E-state index contributed by atoms with van der Waals surface area (Å²) in [5, 5.41) is 9.88. The fourth-order valence-electron chi connectivity index (χ4n) is 2.07. The number of nitrogens with zero attached hydrogens (tertiary/aromatic N) is 3. The second-order valence-electron chi connectivity index (χ2n) is 4.76. The van der Waals surface area contributed by atoms with Gasteiger partial charge in [-0.25, -0.2) is 4.98 Å². The van der Waals surface area contributed by atoms with E-state index < -0.39 is 0 Å². The zero-order valence-electron chi connectivity index (χ0n) is 11.7. The van der Waals surface area contributed by atoms with Gasteiger partial charge in [0.25, 0.3) is 5.91 Å². The maximum Gasteiger partial charge on any atom is 0.272 e. The Balaban J connectivity index is 2.27. The fourth-order valence-corrected chi connectivity index (χ4v) is 2.07. The van der Waals surface area contributed by atoms with Crippen molar-refractivity contribution in [3.8, 4) is 6.07 Å². The first-order chi connectivity index (χ1) is 9.65. The third-order valence-electron chi connectivity index (χ3n) is 3.20. The normalized spacial score (nSPS) is 11.8. The van der Waals surface area contributed by atoms with Gasteiger partial charge in [-0.3, -0.25) is 4.79 Å². The van der Waals surface area contributed by atoms with Gasteiger partial charge < -0.3 is 4.90 Å². The Morgan fingerprint density at radius 2 is 2.10 bits per heavy atom. The van der Waals surface area contributed by atoms with E-state index in [1.54, 1.807) is 11.0 Å². The van der Waals surface area contributed by atoms with Gasteiger partial charge in [0.2, 0.25) is 0 Å². The van der Waals surface area contributed by atoms with Crippen LogP contribution in [0.2, 0.25) is 0 Å². The number of carbonyl (C=O) groups is 1. The van der Waals surface area contributed by atoms with Crippen LogP contribution >= 0.6 is 0 Å². The highest BCUT2D eigenvalue weighted by atomic mass is 16.2. The Bertz CT molecular complexity index is 660. The van der Waals surface area contributed by atoms with E-state index in [-0.39, 0.29) is 11.8 Å². The van der Waals surface area contributed by atoms with Crippen molar-refractivity contribution < 1.29 is 4.79 Å². The Labute approximate surface area is 118 Å². The van der Waals surface area contributed by atoms with Gasteiger partial charge in [0.1, 0.15) is 5.69 Å². The predicted molar refractivity (Wildman–Crippen MR) is 78.1 cm³/mol. The summed E-state index contributed by atoms with van der Waals surface area (Å²) in [6, 6.07) is 13.5. The molecule has 4 nitrogen and oxygen atoms in total. The second kappa shape index (κ2) is 6.16. The third kappa shape index (κ3) is 2.94. The number of fused-ring (bicyclic) bond motifs is 1. The molecule has 0 aliphatic heterocycles. The van der Waals surface area contributed by atoms with Crippen molar-refractivity contribution in [3.05, 3.63) is 42.1 Å². The van der Waals surface area contributed by atoms with Crippen LogP contribution in [0, 0.1) is 17.2 Å². The van der Waals surface area contributed by atoms with Gasteiger partial charge in [-0.15, -0.1) is 0 Å². The number of hydrogen-bond acceptors (Lipinski definition) is 3. The lowest BCUT2D eigenvalue weighted by atomic mass is 10.1. The fraction of sp³-hybridized carbons (Fsp3) is 0.312. The molecule has 1 heterocycles. The van der Waals surface area contributed by atoms with Gasteiger partial charge in [0.15, 0.2) is 0 Å². The minimum Gasteiger partial charge on any atom is -0.336 e. The average Bonchev–Trinajstić information content (AvgIpc) is 2.51. The molecular formula is C16H17N3O. The quantitative estimate of drug-likeness (QED) is 0.855. The highest BCUT2D eigenvalue weighted by molar-refractivity contribution is 5.94. The van der Waals surface area contributed by atoms with Crippen LogP contribution in [0.3, 0.4) is 0 Å². The molecule has 1 aromatic carbocycles. The lowest BCUT2D eigenvalue weighted by Crippen LogP contribution is -2.34. The van der Waals surface area contributed by atoms with Crippen molar-refractivity contribution in [2.24, 2.45) is 5.92 Å². The summed E-state index contributed by atoms with van der Waals surface area (Å²) in [6.45, 7) is 4.71. The number of amides is 1. The summed E-state index contributed by atoms with van der Waals surface area (Å²) < 4.78 is 0. The van der Waals surface area contributed by atoms with Crippen molar-refractivity contribution in [2.45, 2.75) is 13.8 Å². The smallest absolute Gasteiger partial charge is 0.272 e. The summed E-state index contributed by atoms with van der Waals surface area (Å²) >= 11 is 0. The van der Waals surface area contributed by atoms with E-state index >= 15 is 0 Å². The Hall–Kier alpha value is -2.41. The van der Waals surface area contributed by atoms with E-state index in [1.807, 2.05) is 44.2 Å². The zero-order chi connectivity index (χ0) is 14.5. The lowest BCUT2D eigenvalue weighted by molar-refractivity contribution is 0.0747. The highest BCUT2D eigenvalue weighted by Gasteiger charge is 2.17. The monoisotopic (exact) mass is 267 g/mol. The SMILES string of the molecule is CCN(CC(C)C#N)C(=O)c1ccc2ccccc2n1. The zero-order valence-corrected chi connectivity index (χ0v) is 11.7. The summed E-state index contributed by atoms with van der Waals surface area (Å²) in [4.78, 5) is 18.5. The van der Waals surface area contributed by atoms with Crippen molar-refractivity contribution >= 4 is 16.8 Å². The number of benzene rings is 1. The van der Waals surface area contributed by atoms with Crippen molar-refractivity contribution in [1.82, 2.24) is 9.88 Å². The number of aromatic nitrogens is 1. The van der Waals surface area contributed by atoms with E-state index in [1.165, 1.54) is 0 Å². The minimum absolute atomic E-state index is 0.125. The maximum atomic E-state index is 12.4. The Morgan fingerprint density at radius 3 is 2.80 bits per heavy atom. The van der Waals surface area contributed by atoms with Crippen molar-refractivity contribution in [2.75, 3.05) is 13.1 Å². The average molecular weight is 267 g/mol. The molecule has 0 spiro atoms. The molecule has 0 aliphatic carbocycles. The minimum atomic E-state index is -0.181. The summed E-state index contributed by atoms with van der Waals surface area (Å²) in [7, 11) is 0. The van der Waals surface area contributed by atoms with Crippen LogP contribution in [0.1, 0.15) is 24.3 Å². The number of hydrogen-bond donors (Lipinski definition) is 0. The molecule has 0 fully saturated rings. The van der Waals surface area contributed by atoms with Crippen LogP contribution in [0.5, 0.6) is 0 Å². The van der Waals surface area contributed by atoms with Crippen LogP contribution in [0.25, 0.3) is 10.9 Å². The van der Waals surface area contributed by atoms with Crippen LogP contribution < -0.4 is 0 Å². The molecular weight excluding hydrogens is 250 g/mol. The molecule has 0 radical (unpaired) electrons. The first-order valence-electron chi connectivity index (χ1n) is 6.70. The molecule has 0 N–H and O–H groups in total. The van der Waals surface area contributed by atoms with Crippen LogP contribution in [0.4, 0.5) is 0 Å². The molecule has 0 bridgehead atoms. The lowest BCUT2D eigenvalue weighted by Gasteiger charge is -2.21. The number of para-hydroxylation sites is 1. The Morgan fingerprint density at radius 1 is 1.35 bits per heavy atom. The molecule has 0 saturated heterocycles. The summed E-state index contributed by atoms with van der Waals surface area (Å²) in [5.41, 5.74) is 1.23. The molecule has 1 aromatic heterocycles. The molecule has 0 aliphatic rings. The van der Waals surface area contributed by atoms with Gasteiger partial charge in [0.05, 0.1) is 17.5 Å². The molecule has 4 heteroatoms. The first kappa shape index (κ1) is 14.0. The van der Waals surface area contributed by atoms with E-state index in [0.29, 0.717) is 18.8 Å². The van der Waals surface area contributed by atoms with Gasteiger partial charge in [-0.2, -0.15) is 5.26 Å². The van der Waals surface area contributed by atoms with Crippen LogP contribution in [-0.4, -0.2) is 28.9 Å². The third-order valence-corrected chi connectivity index (χ3v) is 3.20. The molecule has 1 amide bonds. The second-order valence-corrected chi connectivity index (χ2v) is 4.76. The number of pyridine rings is 1. The Kier molecular flexibility index (Phi) is 4.31. The number of nitriles is 1. The van der Waals surface area contributed by atoms with Gasteiger partial charge in [0, 0.05) is 18.5 Å². The van der Waals surface area contributed by atoms with Crippen LogP contribution in [-0.2, 0) is 0 Å². The van der Waals surface area contributed by atoms with E-state index in [0.717, 1.165) is 10.9 Å². The van der Waals surface area contributed by atoms with E-state index in [2.05, 4.69) is 11.1 Å². The number of carbonyl (C=O) groups excluding carboxylic acids is 1. The van der Waals surface area contributed by atoms with E-state index in [9.17, 15) is 4.79 Å². The largest absolute Gasteiger partial charge is 0.336 e. The van der Waals surface area contributed by atoms with Crippen LogP contribution in [0.15, 0.2) is 36.4 Å². The van der Waals surface area contributed by atoms with Crippen molar-refractivity contribution in [1.29, 1.82) is 5.26 Å². The van der Waals surface area contributed by atoms with Gasteiger partial charge in [-0.1, -0.05) is 24.3 Å². The van der Waals surface area contributed by atoms with Gasteiger partial charge in [-0.05, 0) is 26.0 Å². The molecule has 1 unspecified atom stereocenters. The van der Waals surface area contributed by atoms with Crippen molar-refractivity contribution in [3.63, 3.8) is 0 Å². The number of rotatable bonds is 4. The highest BCUT2D eigenvalue weighted by Crippen LogP contribution is 2.13. The van der Waals surface area contributed by atoms with E-state index in [4.69, 9.17) is 5.26 Å². The molecule has 102 valence electrons. The standard InChI is InChI=1S/C16H17N3O/c1-3-19(11-12(2)10-17)16(20)15-9-8-13-6-4-5-7-14(13)18-15/h4-9,12H,3,11H2,1-2H3. The van der Waals surface area contributed by atoms with Gasteiger partial charge >= 0.3 is 0 Å². The summed E-state index contributed by atoms with van der Waals surface area (Å²) in [6.07, 6.45) is 0. The first-order valence-corrected chi connectivity index (χ1v) is 6.70. The molecule has 2 aromatic rings. The topological polar surface area (TPSA) is 57.0 Å². The predicted octanol–water partition coefficient (Wildman–Crippen LogP) is 2.86. The molecule has 1 atom stereocenters. The molecule has 0 saturated carbocycles. The molecule has 20 heavy (non-hydrogen) atoms. The maximum absolute atomic E-state index is 12.4.